The zero-order chi connectivity index (χ0) is 15.1. The number of anilines is 1. The summed E-state index contributed by atoms with van der Waals surface area (Å²) in [5.74, 6) is -0.416. The molecule has 8 heteroatoms. The fourth-order valence-electron chi connectivity index (χ4n) is 2.05. The Bertz CT molecular complexity index is 832. The number of nitrogens with zero attached hydrogens (tertiary/aromatic N) is 5. The number of fused-ring (bicyclic) bond motifs is 1. The zero-order valence-corrected chi connectivity index (χ0v) is 11.6. The summed E-state index contributed by atoms with van der Waals surface area (Å²) in [6, 6.07) is 1.91. The Labute approximate surface area is 119 Å². The normalized spacial score (nSPS) is 11.4. The van der Waals surface area contributed by atoms with Gasteiger partial charge in [-0.2, -0.15) is 10.2 Å². The molecule has 3 aromatic rings. The Hall–Kier alpha value is -2.90. The standard InChI is InChI=1S/C13H14N6O2/c1-7(2)9-5-10-12(15-3-4-18(10)16-9)19-6-8(14)11(17-19)13(20)21/h3-7H,14H2,1-2H3,(H,20,21). The highest BCUT2D eigenvalue weighted by Crippen LogP contribution is 2.20. The minimum Gasteiger partial charge on any atom is -0.476 e. The highest BCUT2D eigenvalue weighted by Gasteiger charge is 2.17. The van der Waals surface area contributed by atoms with E-state index in [1.807, 2.05) is 19.9 Å². The van der Waals surface area contributed by atoms with Crippen molar-refractivity contribution in [2.24, 2.45) is 0 Å². The molecule has 8 nitrogen and oxygen atoms in total. The first-order chi connectivity index (χ1) is 9.97. The molecule has 0 spiro atoms. The number of carboxylic acids is 1. The quantitative estimate of drug-likeness (QED) is 0.751. The molecule has 3 heterocycles. The van der Waals surface area contributed by atoms with Crippen LogP contribution in [0.1, 0.15) is 35.9 Å². The Morgan fingerprint density at radius 2 is 2.14 bits per heavy atom. The monoisotopic (exact) mass is 286 g/mol. The highest BCUT2D eigenvalue weighted by molar-refractivity contribution is 5.91. The number of hydrogen-bond acceptors (Lipinski definition) is 5. The molecule has 0 amide bonds. The Morgan fingerprint density at radius 3 is 2.76 bits per heavy atom. The molecule has 3 aromatic heterocycles. The SMILES string of the molecule is CC(C)c1cc2c(-n3cc(N)c(C(=O)O)n3)nccn2n1. The Kier molecular flexibility index (Phi) is 2.86. The fourth-order valence-corrected chi connectivity index (χ4v) is 2.05. The van der Waals surface area contributed by atoms with Gasteiger partial charge in [-0.15, -0.1) is 0 Å². The summed E-state index contributed by atoms with van der Waals surface area (Å²) in [4.78, 5) is 15.3. The number of carbonyl (C=O) groups is 1. The summed E-state index contributed by atoms with van der Waals surface area (Å²) in [7, 11) is 0. The Morgan fingerprint density at radius 1 is 1.38 bits per heavy atom. The van der Waals surface area contributed by atoms with E-state index in [2.05, 4.69) is 15.2 Å². The van der Waals surface area contributed by atoms with Gasteiger partial charge in [-0.05, 0) is 12.0 Å². The van der Waals surface area contributed by atoms with Crippen LogP contribution >= 0.6 is 0 Å². The van der Waals surface area contributed by atoms with Gasteiger partial charge in [0.1, 0.15) is 5.52 Å². The second kappa shape index (κ2) is 4.58. The predicted molar refractivity (Wildman–Crippen MR) is 75.6 cm³/mol. The van der Waals surface area contributed by atoms with Crippen LogP contribution in [0.4, 0.5) is 5.69 Å². The molecule has 3 N–H and O–H groups in total. The third-order valence-corrected chi connectivity index (χ3v) is 3.14. The van der Waals surface area contributed by atoms with Crippen molar-refractivity contribution in [2.45, 2.75) is 19.8 Å². The van der Waals surface area contributed by atoms with Crippen molar-refractivity contribution < 1.29 is 9.90 Å². The minimum atomic E-state index is -1.17. The van der Waals surface area contributed by atoms with Crippen LogP contribution in [-0.2, 0) is 0 Å². The molecule has 0 aliphatic rings. The summed E-state index contributed by atoms with van der Waals surface area (Å²) in [5, 5.41) is 17.4. The van der Waals surface area contributed by atoms with Gasteiger partial charge < -0.3 is 10.8 Å². The average Bonchev–Trinajstić information content (AvgIpc) is 3.01. The van der Waals surface area contributed by atoms with Crippen LogP contribution in [0.2, 0.25) is 0 Å². The van der Waals surface area contributed by atoms with Crippen LogP contribution in [0.15, 0.2) is 24.7 Å². The number of rotatable bonds is 3. The number of aromatic carboxylic acids is 1. The molecule has 0 saturated heterocycles. The Balaban J connectivity index is 2.20. The van der Waals surface area contributed by atoms with Crippen molar-refractivity contribution in [1.82, 2.24) is 24.4 Å². The van der Waals surface area contributed by atoms with Gasteiger partial charge in [0.25, 0.3) is 0 Å². The fraction of sp³-hybridized carbons (Fsp3) is 0.231. The van der Waals surface area contributed by atoms with Crippen LogP contribution in [0, 0.1) is 0 Å². The molecule has 0 atom stereocenters. The topological polar surface area (TPSA) is 111 Å². The number of carboxylic acid groups (broad SMARTS) is 1. The van der Waals surface area contributed by atoms with Crippen molar-refractivity contribution in [1.29, 1.82) is 0 Å². The van der Waals surface area contributed by atoms with Gasteiger partial charge >= 0.3 is 5.97 Å². The lowest BCUT2D eigenvalue weighted by molar-refractivity contribution is 0.0691. The zero-order valence-electron chi connectivity index (χ0n) is 11.6. The van der Waals surface area contributed by atoms with Crippen molar-refractivity contribution in [3.8, 4) is 5.82 Å². The predicted octanol–water partition coefficient (Wildman–Crippen LogP) is 1.32. The lowest BCUT2D eigenvalue weighted by Crippen LogP contribution is -2.05. The molecule has 0 aliphatic carbocycles. The lowest BCUT2D eigenvalue weighted by atomic mass is 10.1. The molecule has 3 rings (SSSR count). The van der Waals surface area contributed by atoms with Crippen LogP contribution < -0.4 is 5.73 Å². The molecule has 0 saturated carbocycles. The maximum Gasteiger partial charge on any atom is 0.358 e. The summed E-state index contributed by atoms with van der Waals surface area (Å²) in [6.45, 7) is 4.09. The van der Waals surface area contributed by atoms with Gasteiger partial charge in [-0.3, -0.25) is 0 Å². The van der Waals surface area contributed by atoms with E-state index in [9.17, 15) is 4.79 Å². The largest absolute Gasteiger partial charge is 0.476 e. The average molecular weight is 286 g/mol. The summed E-state index contributed by atoms with van der Waals surface area (Å²) in [6.07, 6.45) is 4.75. The molecule has 0 unspecified atom stereocenters. The van der Waals surface area contributed by atoms with Crippen LogP contribution in [0.5, 0.6) is 0 Å². The van der Waals surface area contributed by atoms with E-state index in [-0.39, 0.29) is 17.3 Å². The minimum absolute atomic E-state index is 0.0925. The summed E-state index contributed by atoms with van der Waals surface area (Å²) >= 11 is 0. The molecule has 0 fully saturated rings. The number of nitrogens with two attached hydrogens (primary N) is 1. The third kappa shape index (κ3) is 2.10. The molecule has 0 radical (unpaired) electrons. The smallest absolute Gasteiger partial charge is 0.358 e. The maximum absolute atomic E-state index is 11.0. The van der Waals surface area contributed by atoms with Gasteiger partial charge in [0.2, 0.25) is 0 Å². The van der Waals surface area contributed by atoms with E-state index in [1.54, 1.807) is 16.9 Å². The first-order valence-electron chi connectivity index (χ1n) is 6.40. The number of hydrogen-bond donors (Lipinski definition) is 2. The van der Waals surface area contributed by atoms with Crippen LogP contribution in [0.25, 0.3) is 11.3 Å². The molecule has 0 aliphatic heterocycles. The summed E-state index contributed by atoms with van der Waals surface area (Å²) in [5.41, 5.74) is 7.22. The highest BCUT2D eigenvalue weighted by atomic mass is 16.4. The van der Waals surface area contributed by atoms with E-state index in [0.717, 1.165) is 11.2 Å². The van der Waals surface area contributed by atoms with Crippen molar-refractivity contribution >= 4 is 17.2 Å². The third-order valence-electron chi connectivity index (χ3n) is 3.14. The number of aromatic nitrogens is 5. The molecule has 21 heavy (non-hydrogen) atoms. The molecular formula is C13H14N6O2. The molecule has 0 aromatic carbocycles. The second-order valence-corrected chi connectivity index (χ2v) is 4.99. The van der Waals surface area contributed by atoms with E-state index in [0.29, 0.717) is 5.82 Å². The van der Waals surface area contributed by atoms with Gasteiger partial charge in [-0.1, -0.05) is 13.8 Å². The van der Waals surface area contributed by atoms with Crippen molar-refractivity contribution in [3.05, 3.63) is 36.0 Å². The summed E-state index contributed by atoms with van der Waals surface area (Å²) < 4.78 is 3.05. The molecular weight excluding hydrogens is 272 g/mol. The van der Waals surface area contributed by atoms with E-state index < -0.39 is 5.97 Å². The first kappa shape index (κ1) is 13.1. The maximum atomic E-state index is 11.0. The van der Waals surface area contributed by atoms with Gasteiger partial charge in [0, 0.05) is 12.4 Å². The van der Waals surface area contributed by atoms with Gasteiger partial charge in [0.15, 0.2) is 11.5 Å². The number of nitrogen functional groups attached to an aromatic ring is 1. The van der Waals surface area contributed by atoms with Crippen LogP contribution in [-0.4, -0.2) is 35.5 Å². The second-order valence-electron chi connectivity index (χ2n) is 4.99. The van der Waals surface area contributed by atoms with Crippen molar-refractivity contribution in [2.75, 3.05) is 5.73 Å². The lowest BCUT2D eigenvalue weighted by Gasteiger charge is -2.01. The van der Waals surface area contributed by atoms with E-state index >= 15 is 0 Å². The molecule has 0 bridgehead atoms. The van der Waals surface area contributed by atoms with E-state index in [1.165, 1.54) is 10.9 Å². The van der Waals surface area contributed by atoms with E-state index in [4.69, 9.17) is 10.8 Å². The van der Waals surface area contributed by atoms with Gasteiger partial charge in [-0.25, -0.2) is 19.0 Å². The molecule has 108 valence electrons. The van der Waals surface area contributed by atoms with Gasteiger partial charge in [0.05, 0.1) is 17.6 Å². The van der Waals surface area contributed by atoms with Crippen molar-refractivity contribution in [3.63, 3.8) is 0 Å². The first-order valence-corrected chi connectivity index (χ1v) is 6.40. The van der Waals surface area contributed by atoms with Crippen LogP contribution in [0.3, 0.4) is 0 Å².